The number of amides is 1. The molecule has 89 heavy (non-hydrogen) atoms. The van der Waals surface area contributed by atoms with E-state index in [4.69, 9.17) is 13.8 Å². The molecule has 0 bridgehead atoms. The first-order valence-corrected chi connectivity index (χ1v) is 39.1. The molecule has 1 amide bonds. The second-order valence-corrected chi connectivity index (χ2v) is 27.9. The van der Waals surface area contributed by atoms with Crippen molar-refractivity contribution in [3.8, 4) is 0 Å². The van der Waals surface area contributed by atoms with Crippen LogP contribution >= 0.6 is 7.82 Å². The average molecular weight is 1270 g/mol. The Labute approximate surface area is 551 Å². The first-order valence-electron chi connectivity index (χ1n) is 37.6. The molecule has 516 valence electrons. The van der Waals surface area contributed by atoms with Crippen LogP contribution in [-0.2, 0) is 27.9 Å². The van der Waals surface area contributed by atoms with E-state index in [1.807, 2.05) is 33.3 Å². The summed E-state index contributed by atoms with van der Waals surface area (Å²) in [6, 6.07) is -0.856. The van der Waals surface area contributed by atoms with E-state index in [9.17, 15) is 19.0 Å². The van der Waals surface area contributed by atoms with Crippen molar-refractivity contribution in [2.75, 3.05) is 40.9 Å². The van der Waals surface area contributed by atoms with Gasteiger partial charge in [-0.05, 0) is 109 Å². The number of rotatable bonds is 68. The maximum Gasteiger partial charge on any atom is 0.472 e. The van der Waals surface area contributed by atoms with E-state index in [1.54, 1.807) is 0 Å². The average Bonchev–Trinajstić information content (AvgIpc) is 3.63. The van der Waals surface area contributed by atoms with Crippen LogP contribution in [0.25, 0.3) is 0 Å². The Morgan fingerprint density at radius 2 is 0.719 bits per heavy atom. The fourth-order valence-corrected chi connectivity index (χ4v) is 11.5. The summed E-state index contributed by atoms with van der Waals surface area (Å²) in [6.07, 6.45) is 92.8. The zero-order valence-corrected chi connectivity index (χ0v) is 60.1. The van der Waals surface area contributed by atoms with Crippen LogP contribution in [0.5, 0.6) is 0 Å². The van der Waals surface area contributed by atoms with Gasteiger partial charge in [-0.2, -0.15) is 0 Å². The maximum absolute atomic E-state index is 13.7. The molecule has 0 aliphatic heterocycles. The molecule has 0 heterocycles. The van der Waals surface area contributed by atoms with E-state index in [0.29, 0.717) is 17.4 Å². The predicted molar refractivity (Wildman–Crippen MR) is 387 cm³/mol. The summed E-state index contributed by atoms with van der Waals surface area (Å²) in [4.78, 5) is 38.0. The molecule has 0 fully saturated rings. The molecule has 0 spiro atoms. The number of hydrogen-bond donors (Lipinski definition) is 2. The zero-order valence-electron chi connectivity index (χ0n) is 59.2. The van der Waals surface area contributed by atoms with Crippen LogP contribution in [-0.4, -0.2) is 74.3 Å². The van der Waals surface area contributed by atoms with Crippen LogP contribution in [0.2, 0.25) is 0 Å². The lowest BCUT2D eigenvalue weighted by molar-refractivity contribution is -0.870. The lowest BCUT2D eigenvalue weighted by atomic mass is 10.0. The summed E-state index contributed by atoms with van der Waals surface area (Å²) in [5.74, 6) is -0.501. The molecule has 10 heteroatoms. The number of quaternary nitrogens is 1. The minimum absolute atomic E-state index is 0.0373. The Morgan fingerprint density at radius 3 is 1.10 bits per heavy atom. The normalized spacial score (nSPS) is 14.0. The largest absolute Gasteiger partial charge is 0.472 e. The Bertz CT molecular complexity index is 1840. The van der Waals surface area contributed by atoms with Crippen molar-refractivity contribution in [2.24, 2.45) is 0 Å². The van der Waals surface area contributed by atoms with Gasteiger partial charge < -0.3 is 19.4 Å². The minimum Gasteiger partial charge on any atom is -0.456 e. The summed E-state index contributed by atoms with van der Waals surface area (Å²) < 4.78 is 30.9. The second-order valence-electron chi connectivity index (χ2n) is 26.4. The number of unbranched alkanes of at least 4 members (excludes halogenated alkanes) is 38. The molecular formula is C79H144N2O7P+. The van der Waals surface area contributed by atoms with E-state index in [1.165, 1.54) is 212 Å². The number of ether oxygens (including phenoxy) is 1. The van der Waals surface area contributed by atoms with Gasteiger partial charge in [0.1, 0.15) is 19.3 Å². The van der Waals surface area contributed by atoms with Gasteiger partial charge in [-0.1, -0.05) is 317 Å². The van der Waals surface area contributed by atoms with E-state index in [0.717, 1.165) is 96.3 Å². The van der Waals surface area contributed by atoms with Gasteiger partial charge in [-0.3, -0.25) is 18.6 Å². The molecule has 2 N–H and O–H groups in total. The van der Waals surface area contributed by atoms with Gasteiger partial charge in [-0.15, -0.1) is 0 Å². The van der Waals surface area contributed by atoms with Gasteiger partial charge in [0.05, 0.1) is 33.8 Å². The molecule has 0 rings (SSSR count). The number of likely N-dealkylation sites (N-methyl/N-ethyl adjacent to an activating group) is 1. The highest BCUT2D eigenvalue weighted by Gasteiger charge is 2.30. The number of phosphoric acid groups is 1. The number of hydrogen-bond acceptors (Lipinski definition) is 6. The molecule has 0 saturated heterocycles. The lowest BCUT2D eigenvalue weighted by Gasteiger charge is -2.27. The highest BCUT2D eigenvalue weighted by atomic mass is 31.2. The van der Waals surface area contributed by atoms with Crippen molar-refractivity contribution in [1.82, 2.24) is 5.32 Å². The number of carbonyl (C=O) groups is 2. The van der Waals surface area contributed by atoms with E-state index >= 15 is 0 Å². The van der Waals surface area contributed by atoms with E-state index in [2.05, 4.69) is 111 Å². The van der Waals surface area contributed by atoms with Crippen LogP contribution in [0, 0.1) is 0 Å². The van der Waals surface area contributed by atoms with Gasteiger partial charge in [0, 0.05) is 12.8 Å². The topological polar surface area (TPSA) is 111 Å². The number of carbonyl (C=O) groups excluding carboxylic acids is 2. The molecule has 0 aromatic heterocycles. The van der Waals surface area contributed by atoms with Gasteiger partial charge >= 0.3 is 13.8 Å². The molecule has 0 aromatic rings. The van der Waals surface area contributed by atoms with Crippen molar-refractivity contribution in [3.05, 3.63) is 97.2 Å². The monoisotopic (exact) mass is 1260 g/mol. The summed E-state index contributed by atoms with van der Waals surface area (Å²) in [6.45, 7) is 6.91. The fourth-order valence-electron chi connectivity index (χ4n) is 10.8. The van der Waals surface area contributed by atoms with Crippen LogP contribution in [0.3, 0.4) is 0 Å². The third-order valence-electron chi connectivity index (χ3n) is 16.5. The van der Waals surface area contributed by atoms with E-state index in [-0.39, 0.29) is 31.5 Å². The molecular weight excluding hydrogens is 1120 g/mol. The first kappa shape index (κ1) is 85.9. The van der Waals surface area contributed by atoms with Crippen LogP contribution in [0.15, 0.2) is 97.2 Å². The molecule has 9 nitrogen and oxygen atoms in total. The Balaban J connectivity index is 5.04. The quantitative estimate of drug-likeness (QED) is 0.0205. The van der Waals surface area contributed by atoms with Gasteiger partial charge in [0.15, 0.2) is 0 Å². The maximum atomic E-state index is 13.7. The van der Waals surface area contributed by atoms with E-state index < -0.39 is 20.0 Å². The molecule has 0 aromatic carbocycles. The van der Waals surface area contributed by atoms with Crippen molar-refractivity contribution in [1.29, 1.82) is 0 Å². The third-order valence-corrected chi connectivity index (χ3v) is 17.5. The fraction of sp³-hybridized carbons (Fsp3) is 0.772. The second kappa shape index (κ2) is 67.8. The highest BCUT2D eigenvalue weighted by Crippen LogP contribution is 2.43. The van der Waals surface area contributed by atoms with Crippen molar-refractivity contribution in [2.45, 2.75) is 354 Å². The Morgan fingerprint density at radius 1 is 0.404 bits per heavy atom. The lowest BCUT2D eigenvalue weighted by Crippen LogP contribution is -2.47. The highest BCUT2D eigenvalue weighted by molar-refractivity contribution is 7.47. The zero-order chi connectivity index (χ0) is 64.9. The number of nitrogens with one attached hydrogen (secondary N) is 1. The predicted octanol–water partition coefficient (Wildman–Crippen LogP) is 24.2. The van der Waals surface area contributed by atoms with Crippen LogP contribution in [0.1, 0.15) is 342 Å². The van der Waals surface area contributed by atoms with Crippen molar-refractivity contribution >= 4 is 19.7 Å². The SMILES string of the molecule is CC/C=C\C/C=C\C/C=C\C/C=C\C/C=C\CCCCCCCCCCCCCC(=O)OC(/C=C/CCCCCCCCCCCCC)C(COP(=O)(O)OCC[N+](C)(C)C)NC(=O)CCCCCCCCCCCCCCC/C=C\C/C=C\CCCCC. The number of allylic oxidation sites excluding steroid dienone is 15. The molecule has 0 radical (unpaired) electrons. The van der Waals surface area contributed by atoms with Crippen molar-refractivity contribution < 1.29 is 37.3 Å². The molecule has 3 atom stereocenters. The molecule has 0 aliphatic carbocycles. The molecule has 0 saturated carbocycles. The Kier molecular flexibility index (Phi) is 65.5. The molecule has 0 aliphatic rings. The number of nitrogens with zero attached hydrogens (tertiary/aromatic N) is 1. The summed E-state index contributed by atoms with van der Waals surface area (Å²) in [5, 5.41) is 3.08. The third kappa shape index (κ3) is 69.1. The minimum atomic E-state index is -4.46. The van der Waals surface area contributed by atoms with Crippen LogP contribution < -0.4 is 5.32 Å². The van der Waals surface area contributed by atoms with Crippen LogP contribution in [0.4, 0.5) is 0 Å². The number of esters is 1. The summed E-state index contributed by atoms with van der Waals surface area (Å²) >= 11 is 0. The Hall–Kier alpha value is -3.07. The first-order chi connectivity index (χ1) is 43.4. The van der Waals surface area contributed by atoms with Gasteiger partial charge in [-0.25, -0.2) is 4.57 Å². The molecule has 3 unspecified atom stereocenters. The number of phosphoric ester groups is 1. The summed E-state index contributed by atoms with van der Waals surface area (Å²) in [5.41, 5.74) is 0. The van der Waals surface area contributed by atoms with Crippen molar-refractivity contribution in [3.63, 3.8) is 0 Å². The standard InChI is InChI=1S/C79H143N2O7P/c1-7-10-13-16-19-22-25-28-30-32-34-36-38-39-40-41-43-45-47-49-51-54-57-60-63-66-69-72-79(83)88-77(70-67-64-61-58-55-52-27-24-21-18-15-12-9-3)76(75-87-89(84,85)86-74-73-81(4,5)6)80-78(82)71-68-65-62-59-56-53-50-48-46-44-42-37-35-33-31-29-26-23-20-17-14-11-8-2/h10,13,19-20,22-23,28-31,34,36,39-40,67,70,76-77H,7-9,11-12,14-18,21,24-27,32-33,35,37-38,41-66,68-69,71-75H2,1-6H3,(H-,80,82,84,85)/p+1/b13-10-,22-19-,23-20-,30-28-,31-29-,36-34-,40-39-,70-67+. The smallest absolute Gasteiger partial charge is 0.456 e. The van der Waals surface area contributed by atoms with Gasteiger partial charge in [0.25, 0.3) is 0 Å². The van der Waals surface area contributed by atoms with Gasteiger partial charge in [0.2, 0.25) is 5.91 Å². The summed E-state index contributed by atoms with van der Waals surface area (Å²) in [7, 11) is 1.50.